The summed E-state index contributed by atoms with van der Waals surface area (Å²) in [5.41, 5.74) is 1.01. The topological polar surface area (TPSA) is 120 Å². The average molecular weight is 444 g/mol. The first kappa shape index (κ1) is 18.3. The van der Waals surface area contributed by atoms with E-state index in [2.05, 4.69) is 9.97 Å². The fourth-order valence-corrected chi connectivity index (χ4v) is 9.19. The summed E-state index contributed by atoms with van der Waals surface area (Å²) in [5, 5.41) is 10.1. The number of carboxylic acid groups (broad SMARTS) is 1. The molecule has 2 aliphatic carbocycles. The first-order valence-corrected chi connectivity index (χ1v) is 11.5. The molecule has 2 aromatic rings. The molecule has 2 saturated carbocycles. The van der Waals surface area contributed by atoms with Crippen molar-refractivity contribution in [1.29, 1.82) is 0 Å². The Morgan fingerprint density at radius 2 is 2.00 bits per heavy atom. The lowest BCUT2D eigenvalue weighted by molar-refractivity contribution is -0.149. The number of likely N-dealkylation sites (tertiary alicyclic amines) is 1. The molecule has 2 aromatic heterocycles. The van der Waals surface area contributed by atoms with Crippen molar-refractivity contribution >= 4 is 40.9 Å². The number of pyridine rings is 1. The molecule has 0 aromatic carbocycles. The molecule has 1 saturated heterocycles. The molecule has 0 unspecified atom stereocenters. The molecule has 3 fully saturated rings. The van der Waals surface area contributed by atoms with Crippen LogP contribution in [-0.2, 0) is 14.4 Å². The van der Waals surface area contributed by atoms with Crippen LogP contribution in [0.4, 0.5) is 0 Å². The normalized spacial score (nSPS) is 36.0. The molecule has 2 bridgehead atoms. The number of fused-ring (bicyclic) bond motifs is 9. The van der Waals surface area contributed by atoms with Crippen LogP contribution in [0.2, 0.25) is 0 Å². The standard InChI is InChI=1S/C20H17N3O5S2/c24-10(25)6-23-18(26)13-8-4-9(14(13)19(23)27)15-12(8)11(7-2-1-3-21-5-7)16-17(29-15)22-20(28)30-16/h1-3,5,8-9,11-15H,4,6H2,(H,22,28)(H,24,25)/t8-,9+,11+,12+,13+,14+,15+/m0/s1. The summed E-state index contributed by atoms with van der Waals surface area (Å²) < 4.78 is 0. The van der Waals surface area contributed by atoms with Crippen molar-refractivity contribution in [3.05, 3.63) is 44.6 Å². The summed E-state index contributed by atoms with van der Waals surface area (Å²) in [7, 11) is 0. The molecule has 10 heteroatoms. The molecule has 7 atom stereocenters. The predicted octanol–water partition coefficient (Wildman–Crippen LogP) is 1.39. The number of hydrogen-bond donors (Lipinski definition) is 2. The van der Waals surface area contributed by atoms with E-state index in [1.54, 1.807) is 18.0 Å². The number of nitrogens with one attached hydrogen (secondary N) is 1. The third-order valence-corrected chi connectivity index (χ3v) is 9.74. The van der Waals surface area contributed by atoms with Crippen molar-refractivity contribution in [3.63, 3.8) is 0 Å². The molecular weight excluding hydrogens is 426 g/mol. The van der Waals surface area contributed by atoms with E-state index in [-0.39, 0.29) is 45.6 Å². The zero-order valence-electron chi connectivity index (χ0n) is 15.6. The van der Waals surface area contributed by atoms with E-state index >= 15 is 0 Å². The summed E-state index contributed by atoms with van der Waals surface area (Å²) in [6, 6.07) is 3.87. The number of aliphatic carboxylic acids is 1. The van der Waals surface area contributed by atoms with Gasteiger partial charge < -0.3 is 10.1 Å². The van der Waals surface area contributed by atoms with E-state index in [9.17, 15) is 19.2 Å². The third kappa shape index (κ3) is 2.31. The summed E-state index contributed by atoms with van der Waals surface area (Å²) in [4.78, 5) is 58.4. The lowest BCUT2D eigenvalue weighted by atomic mass is 9.68. The highest BCUT2D eigenvalue weighted by molar-refractivity contribution is 8.00. The van der Waals surface area contributed by atoms with Gasteiger partial charge in [-0.05, 0) is 35.8 Å². The number of thiazole rings is 1. The van der Waals surface area contributed by atoms with Crippen LogP contribution in [0, 0.1) is 29.6 Å². The third-order valence-electron chi connectivity index (χ3n) is 7.15. The summed E-state index contributed by atoms with van der Waals surface area (Å²) >= 11 is 2.82. The predicted molar refractivity (Wildman–Crippen MR) is 107 cm³/mol. The Balaban J connectivity index is 1.45. The number of amides is 2. The van der Waals surface area contributed by atoms with Crippen LogP contribution >= 0.6 is 23.1 Å². The van der Waals surface area contributed by atoms with Crippen LogP contribution in [0.15, 0.2) is 34.3 Å². The second-order valence-electron chi connectivity index (χ2n) is 8.40. The van der Waals surface area contributed by atoms with Gasteiger partial charge >= 0.3 is 10.8 Å². The van der Waals surface area contributed by atoms with E-state index in [1.807, 2.05) is 18.3 Å². The van der Waals surface area contributed by atoms with Gasteiger partial charge in [0.05, 0.1) is 16.9 Å². The zero-order chi connectivity index (χ0) is 20.7. The van der Waals surface area contributed by atoms with E-state index in [1.165, 1.54) is 11.3 Å². The van der Waals surface area contributed by atoms with Gasteiger partial charge in [-0.1, -0.05) is 17.4 Å². The number of carbonyl (C=O) groups excluding carboxylic acids is 2. The van der Waals surface area contributed by atoms with Gasteiger partial charge in [0.15, 0.2) is 0 Å². The van der Waals surface area contributed by atoms with Crippen LogP contribution in [0.25, 0.3) is 0 Å². The van der Waals surface area contributed by atoms with Gasteiger partial charge in [0.2, 0.25) is 11.8 Å². The molecule has 2 aliphatic heterocycles. The Bertz CT molecular complexity index is 1140. The van der Waals surface area contributed by atoms with Gasteiger partial charge in [-0.15, -0.1) is 11.8 Å². The smallest absolute Gasteiger partial charge is 0.323 e. The minimum atomic E-state index is -1.18. The lowest BCUT2D eigenvalue weighted by Gasteiger charge is -2.42. The minimum absolute atomic E-state index is 0.000897. The van der Waals surface area contributed by atoms with E-state index < -0.39 is 24.3 Å². The van der Waals surface area contributed by atoms with E-state index in [4.69, 9.17) is 5.11 Å². The van der Waals surface area contributed by atoms with Crippen molar-refractivity contribution in [2.24, 2.45) is 29.6 Å². The second-order valence-corrected chi connectivity index (χ2v) is 10.6. The second kappa shape index (κ2) is 6.27. The maximum atomic E-state index is 13.1. The number of aromatic amines is 1. The highest BCUT2D eigenvalue weighted by Gasteiger charge is 2.69. The van der Waals surface area contributed by atoms with Crippen molar-refractivity contribution in [1.82, 2.24) is 14.9 Å². The number of hydrogen-bond acceptors (Lipinski definition) is 7. The van der Waals surface area contributed by atoms with Gasteiger partial charge in [-0.2, -0.15) is 0 Å². The number of thioether (sulfide) groups is 1. The fourth-order valence-electron chi connectivity index (χ4n) is 6.30. The quantitative estimate of drug-likeness (QED) is 0.688. The van der Waals surface area contributed by atoms with Crippen LogP contribution in [0.5, 0.6) is 0 Å². The maximum Gasteiger partial charge on any atom is 0.323 e. The van der Waals surface area contributed by atoms with Gasteiger partial charge in [0, 0.05) is 28.4 Å². The van der Waals surface area contributed by atoms with E-state index in [0.717, 1.165) is 26.8 Å². The Morgan fingerprint density at radius 1 is 1.23 bits per heavy atom. The maximum absolute atomic E-state index is 13.1. The number of carbonyl (C=O) groups is 3. The zero-order valence-corrected chi connectivity index (χ0v) is 17.2. The molecular formula is C20H17N3O5S2. The lowest BCUT2D eigenvalue weighted by Crippen LogP contribution is -2.42. The van der Waals surface area contributed by atoms with Gasteiger partial charge in [-0.3, -0.25) is 29.1 Å². The molecule has 0 spiro atoms. The van der Waals surface area contributed by atoms with Crippen molar-refractivity contribution in [2.75, 3.05) is 6.54 Å². The van der Waals surface area contributed by atoms with E-state index in [0.29, 0.717) is 0 Å². The number of carboxylic acids is 1. The Hall–Kier alpha value is -2.46. The Morgan fingerprint density at radius 3 is 2.70 bits per heavy atom. The first-order chi connectivity index (χ1) is 14.5. The van der Waals surface area contributed by atoms with Gasteiger partial charge in [0.25, 0.3) is 0 Å². The van der Waals surface area contributed by atoms with Crippen LogP contribution < -0.4 is 4.87 Å². The first-order valence-electron chi connectivity index (χ1n) is 9.82. The number of H-pyrrole nitrogens is 1. The molecule has 2 N–H and O–H groups in total. The summed E-state index contributed by atoms with van der Waals surface area (Å²) in [6.07, 6.45) is 4.30. The molecule has 4 aliphatic rings. The minimum Gasteiger partial charge on any atom is -0.480 e. The SMILES string of the molecule is O=C(O)CN1C(=O)[C@@H]2[C@H]3C[C@@H]([C@H]4Sc5[nH]c(=O)sc5[C@H](c5cccnc5)[C@@H]34)[C@H]2C1=O. The molecule has 2 amide bonds. The van der Waals surface area contributed by atoms with Gasteiger partial charge in [-0.25, -0.2) is 0 Å². The average Bonchev–Trinajstić information content (AvgIpc) is 3.44. The highest BCUT2D eigenvalue weighted by atomic mass is 32.2. The van der Waals surface area contributed by atoms with Crippen LogP contribution in [0.1, 0.15) is 22.8 Å². The van der Waals surface area contributed by atoms with Crippen LogP contribution in [0.3, 0.4) is 0 Å². The van der Waals surface area contributed by atoms with Crippen molar-refractivity contribution in [2.45, 2.75) is 22.6 Å². The fraction of sp³-hybridized carbons (Fsp3) is 0.450. The molecule has 154 valence electrons. The molecule has 4 heterocycles. The monoisotopic (exact) mass is 443 g/mol. The number of nitrogens with zero attached hydrogens (tertiary/aromatic N) is 2. The number of aromatic nitrogens is 2. The molecule has 8 nitrogen and oxygen atoms in total. The Labute approximate surface area is 178 Å². The molecule has 6 rings (SSSR count). The summed E-state index contributed by atoms with van der Waals surface area (Å²) in [5.74, 6) is -2.74. The number of imide groups is 1. The van der Waals surface area contributed by atoms with Gasteiger partial charge in [0.1, 0.15) is 6.54 Å². The Kier molecular flexibility index (Phi) is 3.83. The summed E-state index contributed by atoms with van der Waals surface area (Å²) in [6.45, 7) is -0.570. The highest BCUT2D eigenvalue weighted by Crippen LogP contribution is 2.68. The molecule has 30 heavy (non-hydrogen) atoms. The molecule has 0 radical (unpaired) electrons. The van der Waals surface area contributed by atoms with Crippen molar-refractivity contribution in [3.8, 4) is 0 Å². The van der Waals surface area contributed by atoms with Crippen LogP contribution in [-0.4, -0.2) is 49.6 Å². The number of rotatable bonds is 3. The largest absolute Gasteiger partial charge is 0.480 e. The van der Waals surface area contributed by atoms with Crippen molar-refractivity contribution < 1.29 is 19.5 Å².